The molecule has 0 unspecified atom stereocenters. The summed E-state index contributed by atoms with van der Waals surface area (Å²) >= 11 is 0. The Morgan fingerprint density at radius 3 is 2.04 bits per heavy atom. The van der Waals surface area contributed by atoms with Crippen molar-refractivity contribution in [3.63, 3.8) is 0 Å². The lowest BCUT2D eigenvalue weighted by molar-refractivity contribution is -0.385. The maximum Gasteiger partial charge on any atom is 0.276 e. The molecule has 3 rings (SSSR count). The van der Waals surface area contributed by atoms with Crippen molar-refractivity contribution in [1.82, 2.24) is 0 Å². The van der Waals surface area contributed by atoms with Crippen LogP contribution in [0.25, 0.3) is 0 Å². The molecule has 0 aliphatic rings. The van der Waals surface area contributed by atoms with Gasteiger partial charge in [-0.1, -0.05) is 30.3 Å². The average molecular weight is 321 g/mol. The van der Waals surface area contributed by atoms with Gasteiger partial charge in [-0.3, -0.25) is 10.1 Å². The predicted molar refractivity (Wildman–Crippen MR) is 90.4 cm³/mol. The molecule has 3 aromatic rings. The molecule has 0 spiro atoms. The van der Waals surface area contributed by atoms with Gasteiger partial charge in [-0.2, -0.15) is 0 Å². The molecule has 120 valence electrons. The number of nitro benzene ring substituents is 1. The van der Waals surface area contributed by atoms with Crippen LogP contribution in [0.5, 0.6) is 17.2 Å². The third-order valence-corrected chi connectivity index (χ3v) is 3.39. The summed E-state index contributed by atoms with van der Waals surface area (Å²) in [5.41, 5.74) is 0.591. The molecule has 0 amide bonds. The number of nitrogens with zero attached hydrogens (tertiary/aromatic N) is 1. The van der Waals surface area contributed by atoms with Gasteiger partial charge < -0.3 is 9.47 Å². The number of benzene rings is 3. The predicted octanol–water partition coefficient (Wildman–Crippen LogP) is 4.97. The molecule has 0 atom stereocenters. The highest BCUT2D eigenvalue weighted by Crippen LogP contribution is 2.25. The van der Waals surface area contributed by atoms with Crippen LogP contribution in [-0.4, -0.2) is 4.92 Å². The van der Waals surface area contributed by atoms with Crippen molar-refractivity contribution < 1.29 is 14.4 Å². The van der Waals surface area contributed by atoms with Gasteiger partial charge in [0.2, 0.25) is 0 Å². The van der Waals surface area contributed by atoms with E-state index in [1.54, 1.807) is 42.5 Å². The third kappa shape index (κ3) is 3.89. The minimum absolute atomic E-state index is 0.0570. The van der Waals surface area contributed by atoms with Gasteiger partial charge in [0.1, 0.15) is 23.9 Å². The van der Waals surface area contributed by atoms with E-state index in [0.717, 1.165) is 5.75 Å². The molecule has 0 aliphatic heterocycles. The number of rotatable bonds is 6. The highest BCUT2D eigenvalue weighted by Gasteiger charge is 2.12. The van der Waals surface area contributed by atoms with E-state index in [0.29, 0.717) is 17.1 Å². The van der Waals surface area contributed by atoms with E-state index in [1.807, 2.05) is 30.3 Å². The Labute approximate surface area is 139 Å². The van der Waals surface area contributed by atoms with Crippen molar-refractivity contribution >= 4 is 5.69 Å². The number of nitro groups is 1. The molecule has 0 N–H and O–H groups in total. The Balaban J connectivity index is 1.64. The molecule has 24 heavy (non-hydrogen) atoms. The van der Waals surface area contributed by atoms with Crippen molar-refractivity contribution in [3.8, 4) is 17.2 Å². The summed E-state index contributed by atoms with van der Waals surface area (Å²) in [6, 6.07) is 23.1. The standard InChI is InChI=1S/C19H15NO4/c21-20(22)19-9-5-4-6-15(19)14-23-16-10-12-18(13-11-16)24-17-7-2-1-3-8-17/h1-13H,14H2. The van der Waals surface area contributed by atoms with Gasteiger partial charge in [0.25, 0.3) is 5.69 Å². The Morgan fingerprint density at radius 1 is 0.750 bits per heavy atom. The monoisotopic (exact) mass is 321 g/mol. The molecule has 0 aromatic heterocycles. The van der Waals surface area contributed by atoms with E-state index in [2.05, 4.69) is 0 Å². The normalized spacial score (nSPS) is 10.2. The number of hydrogen-bond acceptors (Lipinski definition) is 4. The first-order valence-corrected chi connectivity index (χ1v) is 7.40. The van der Waals surface area contributed by atoms with Crippen LogP contribution >= 0.6 is 0 Å². The lowest BCUT2D eigenvalue weighted by Crippen LogP contribution is -2.00. The Hall–Kier alpha value is -3.34. The zero-order valence-electron chi connectivity index (χ0n) is 12.8. The second-order valence-electron chi connectivity index (χ2n) is 5.06. The molecule has 3 aromatic carbocycles. The van der Waals surface area contributed by atoms with Gasteiger partial charge in [-0.15, -0.1) is 0 Å². The van der Waals surface area contributed by atoms with Gasteiger partial charge in [-0.05, 0) is 42.5 Å². The highest BCUT2D eigenvalue weighted by molar-refractivity contribution is 5.40. The van der Waals surface area contributed by atoms with Crippen molar-refractivity contribution in [2.75, 3.05) is 0 Å². The van der Waals surface area contributed by atoms with E-state index in [1.165, 1.54) is 6.07 Å². The summed E-state index contributed by atoms with van der Waals surface area (Å²) in [6.07, 6.45) is 0. The first-order chi connectivity index (χ1) is 11.7. The van der Waals surface area contributed by atoms with E-state index in [9.17, 15) is 10.1 Å². The minimum Gasteiger partial charge on any atom is -0.489 e. The molecule has 0 saturated carbocycles. The third-order valence-electron chi connectivity index (χ3n) is 3.39. The Morgan fingerprint density at radius 2 is 1.33 bits per heavy atom. The summed E-state index contributed by atoms with van der Waals surface area (Å²) in [6.45, 7) is 0.135. The van der Waals surface area contributed by atoms with Crippen LogP contribution in [-0.2, 0) is 6.61 Å². The molecular weight excluding hydrogens is 306 g/mol. The molecule has 0 radical (unpaired) electrons. The van der Waals surface area contributed by atoms with Crippen LogP contribution in [0.1, 0.15) is 5.56 Å². The van der Waals surface area contributed by atoms with Crippen molar-refractivity contribution in [2.45, 2.75) is 6.61 Å². The minimum atomic E-state index is -0.407. The van der Waals surface area contributed by atoms with E-state index in [4.69, 9.17) is 9.47 Å². The fourth-order valence-corrected chi connectivity index (χ4v) is 2.20. The smallest absolute Gasteiger partial charge is 0.276 e. The molecule has 0 fully saturated rings. The number of ether oxygens (including phenoxy) is 2. The zero-order valence-corrected chi connectivity index (χ0v) is 12.8. The largest absolute Gasteiger partial charge is 0.489 e. The van der Waals surface area contributed by atoms with Crippen LogP contribution in [0.2, 0.25) is 0 Å². The van der Waals surface area contributed by atoms with Crippen LogP contribution in [0.4, 0.5) is 5.69 Å². The lowest BCUT2D eigenvalue weighted by Gasteiger charge is -2.09. The van der Waals surface area contributed by atoms with Gasteiger partial charge >= 0.3 is 0 Å². The number of hydrogen-bond donors (Lipinski definition) is 0. The van der Waals surface area contributed by atoms with Crippen LogP contribution in [0.3, 0.4) is 0 Å². The molecule has 0 heterocycles. The Bertz CT molecular complexity index is 816. The van der Waals surface area contributed by atoms with Crippen LogP contribution in [0.15, 0.2) is 78.9 Å². The summed E-state index contributed by atoms with van der Waals surface area (Å²) in [4.78, 5) is 10.6. The van der Waals surface area contributed by atoms with Crippen LogP contribution in [0, 0.1) is 10.1 Å². The average Bonchev–Trinajstić information content (AvgIpc) is 2.62. The fraction of sp³-hybridized carbons (Fsp3) is 0.0526. The maximum atomic E-state index is 11.0. The Kier molecular flexibility index (Phi) is 4.72. The van der Waals surface area contributed by atoms with Crippen molar-refractivity contribution in [3.05, 3.63) is 94.5 Å². The van der Waals surface area contributed by atoms with Gasteiger partial charge in [0.05, 0.1) is 10.5 Å². The fourth-order valence-electron chi connectivity index (χ4n) is 2.20. The molecule has 5 heteroatoms. The number of para-hydroxylation sites is 2. The maximum absolute atomic E-state index is 11.0. The zero-order chi connectivity index (χ0) is 16.8. The van der Waals surface area contributed by atoms with E-state index in [-0.39, 0.29) is 12.3 Å². The molecular formula is C19H15NO4. The summed E-state index contributed by atoms with van der Waals surface area (Å²) in [5.74, 6) is 2.07. The molecule has 0 aliphatic carbocycles. The summed E-state index contributed by atoms with van der Waals surface area (Å²) in [7, 11) is 0. The summed E-state index contributed by atoms with van der Waals surface area (Å²) in [5, 5.41) is 11.0. The molecule has 0 saturated heterocycles. The van der Waals surface area contributed by atoms with E-state index < -0.39 is 4.92 Å². The van der Waals surface area contributed by atoms with Crippen LogP contribution < -0.4 is 9.47 Å². The summed E-state index contributed by atoms with van der Waals surface area (Å²) < 4.78 is 11.3. The van der Waals surface area contributed by atoms with Gasteiger partial charge in [0.15, 0.2) is 0 Å². The highest BCUT2D eigenvalue weighted by atomic mass is 16.6. The van der Waals surface area contributed by atoms with Crippen molar-refractivity contribution in [2.24, 2.45) is 0 Å². The molecule has 5 nitrogen and oxygen atoms in total. The second-order valence-corrected chi connectivity index (χ2v) is 5.06. The SMILES string of the molecule is O=[N+]([O-])c1ccccc1COc1ccc(Oc2ccccc2)cc1. The topological polar surface area (TPSA) is 61.6 Å². The molecule has 0 bridgehead atoms. The second kappa shape index (κ2) is 7.28. The lowest BCUT2D eigenvalue weighted by atomic mass is 10.2. The quantitative estimate of drug-likeness (QED) is 0.475. The van der Waals surface area contributed by atoms with Gasteiger partial charge in [0, 0.05) is 6.07 Å². The first kappa shape index (κ1) is 15.6. The van der Waals surface area contributed by atoms with E-state index >= 15 is 0 Å². The van der Waals surface area contributed by atoms with Crippen molar-refractivity contribution in [1.29, 1.82) is 0 Å². The first-order valence-electron chi connectivity index (χ1n) is 7.40. The van der Waals surface area contributed by atoms with Gasteiger partial charge in [-0.25, -0.2) is 0 Å².